The number of fused-ring (bicyclic) bond motifs is 1. The Morgan fingerprint density at radius 3 is 2.77 bits per heavy atom. The summed E-state index contributed by atoms with van der Waals surface area (Å²) in [6, 6.07) is 11.8. The van der Waals surface area contributed by atoms with Gasteiger partial charge in [-0.3, -0.25) is 9.59 Å². The third-order valence-electron chi connectivity index (χ3n) is 3.21. The van der Waals surface area contributed by atoms with E-state index in [0.717, 1.165) is 4.88 Å². The quantitative estimate of drug-likeness (QED) is 0.733. The lowest BCUT2D eigenvalue weighted by atomic mass is 10.2. The number of halogens is 1. The topological polar surface area (TPSA) is 50.5 Å². The molecular weight excluding hydrogens is 322 g/mol. The van der Waals surface area contributed by atoms with E-state index < -0.39 is 0 Å². The minimum Gasteiger partial charge on any atom is -0.451 e. The van der Waals surface area contributed by atoms with E-state index in [9.17, 15) is 9.59 Å². The zero-order valence-electron chi connectivity index (χ0n) is 11.7. The van der Waals surface area contributed by atoms with Crippen LogP contribution in [0.4, 0.5) is 0 Å². The van der Waals surface area contributed by atoms with Crippen molar-refractivity contribution in [3.05, 3.63) is 67.7 Å². The second-order valence-electron chi connectivity index (χ2n) is 4.84. The zero-order valence-corrected chi connectivity index (χ0v) is 13.3. The molecule has 0 unspecified atom stereocenters. The van der Waals surface area contributed by atoms with Crippen LogP contribution in [0.25, 0.3) is 11.0 Å². The van der Waals surface area contributed by atoms with E-state index in [2.05, 4.69) is 0 Å². The first-order valence-corrected chi connectivity index (χ1v) is 7.76. The van der Waals surface area contributed by atoms with Crippen LogP contribution in [0.5, 0.6) is 0 Å². The third-order valence-corrected chi connectivity index (χ3v) is 4.43. The molecule has 2 aromatic heterocycles. The number of amides is 1. The van der Waals surface area contributed by atoms with Gasteiger partial charge in [-0.2, -0.15) is 0 Å². The molecule has 1 amide bonds. The highest BCUT2D eigenvalue weighted by molar-refractivity contribution is 7.16. The first-order valence-electron chi connectivity index (χ1n) is 6.57. The number of para-hydroxylation sites is 1. The first-order chi connectivity index (χ1) is 10.5. The van der Waals surface area contributed by atoms with Gasteiger partial charge < -0.3 is 9.32 Å². The van der Waals surface area contributed by atoms with Gasteiger partial charge in [-0.25, -0.2) is 0 Å². The van der Waals surface area contributed by atoms with Gasteiger partial charge in [0.1, 0.15) is 5.58 Å². The van der Waals surface area contributed by atoms with Gasteiger partial charge in [0.15, 0.2) is 11.2 Å². The van der Waals surface area contributed by atoms with Gasteiger partial charge >= 0.3 is 0 Å². The zero-order chi connectivity index (χ0) is 15.7. The van der Waals surface area contributed by atoms with Crippen LogP contribution in [0, 0.1) is 0 Å². The SMILES string of the molecule is CN(Cc1ccc(Cl)s1)C(=O)c1cc(=O)c2ccccc2o1. The maximum absolute atomic E-state index is 12.4. The Balaban J connectivity index is 1.89. The van der Waals surface area contributed by atoms with Crippen LogP contribution < -0.4 is 5.43 Å². The highest BCUT2D eigenvalue weighted by Crippen LogP contribution is 2.23. The standard InChI is InChI=1S/C16H12ClNO3S/c1-18(9-10-6-7-15(17)22-10)16(20)14-8-12(19)11-4-2-3-5-13(11)21-14/h2-8H,9H2,1H3. The molecule has 0 atom stereocenters. The van der Waals surface area contributed by atoms with Crippen LogP contribution in [0.15, 0.2) is 51.7 Å². The molecule has 0 radical (unpaired) electrons. The van der Waals surface area contributed by atoms with Gasteiger partial charge in [0.25, 0.3) is 5.91 Å². The molecule has 112 valence electrons. The molecule has 1 aromatic carbocycles. The molecular formula is C16H12ClNO3S. The fraction of sp³-hybridized carbons (Fsp3) is 0.125. The molecule has 0 spiro atoms. The van der Waals surface area contributed by atoms with E-state index in [1.54, 1.807) is 37.4 Å². The van der Waals surface area contributed by atoms with Crippen LogP contribution in [0.1, 0.15) is 15.4 Å². The second kappa shape index (κ2) is 5.94. The average Bonchev–Trinajstić information content (AvgIpc) is 2.91. The summed E-state index contributed by atoms with van der Waals surface area (Å²) in [5.41, 5.74) is 0.184. The van der Waals surface area contributed by atoms with E-state index in [4.69, 9.17) is 16.0 Å². The monoisotopic (exact) mass is 333 g/mol. The number of carbonyl (C=O) groups is 1. The molecule has 0 aliphatic heterocycles. The molecule has 0 saturated heterocycles. The van der Waals surface area contributed by atoms with Crippen molar-refractivity contribution >= 4 is 39.8 Å². The van der Waals surface area contributed by atoms with Crippen LogP contribution in [-0.4, -0.2) is 17.9 Å². The van der Waals surface area contributed by atoms with Crippen molar-refractivity contribution in [3.8, 4) is 0 Å². The van der Waals surface area contributed by atoms with Gasteiger partial charge in [-0.1, -0.05) is 23.7 Å². The normalized spacial score (nSPS) is 10.8. The molecule has 0 N–H and O–H groups in total. The maximum Gasteiger partial charge on any atom is 0.289 e. The molecule has 0 aliphatic carbocycles. The largest absolute Gasteiger partial charge is 0.451 e. The van der Waals surface area contributed by atoms with Gasteiger partial charge in [0.2, 0.25) is 0 Å². The molecule has 0 bridgehead atoms. The average molecular weight is 334 g/mol. The predicted octanol–water partition coefficient (Wildman–Crippen LogP) is 3.78. The maximum atomic E-state index is 12.4. The van der Waals surface area contributed by atoms with Gasteiger partial charge in [0.05, 0.1) is 16.3 Å². The number of benzene rings is 1. The Morgan fingerprint density at radius 2 is 2.05 bits per heavy atom. The Kier molecular flexibility index (Phi) is 4.00. The van der Waals surface area contributed by atoms with Crippen molar-refractivity contribution in [1.29, 1.82) is 0 Å². The first kappa shape index (κ1) is 14.8. The summed E-state index contributed by atoms with van der Waals surface area (Å²) in [5.74, 6) is -0.304. The fourth-order valence-corrected chi connectivity index (χ4v) is 3.28. The number of thiophene rings is 1. The molecule has 0 fully saturated rings. The van der Waals surface area contributed by atoms with E-state index in [1.165, 1.54) is 22.3 Å². The Bertz CT molecular complexity index is 900. The van der Waals surface area contributed by atoms with E-state index >= 15 is 0 Å². The lowest BCUT2D eigenvalue weighted by Gasteiger charge is -2.15. The third kappa shape index (κ3) is 2.91. The van der Waals surface area contributed by atoms with E-state index in [1.807, 2.05) is 6.07 Å². The number of nitrogens with zero attached hydrogens (tertiary/aromatic N) is 1. The Labute approximate surface area is 135 Å². The van der Waals surface area contributed by atoms with Crippen LogP contribution in [0.2, 0.25) is 4.34 Å². The molecule has 2 heterocycles. The minimum absolute atomic E-state index is 0.0360. The summed E-state index contributed by atoms with van der Waals surface area (Å²) in [4.78, 5) is 26.9. The Morgan fingerprint density at radius 1 is 1.27 bits per heavy atom. The molecule has 3 rings (SSSR count). The number of carbonyl (C=O) groups excluding carboxylic acids is 1. The Hall–Kier alpha value is -2.11. The van der Waals surface area contributed by atoms with E-state index in [-0.39, 0.29) is 17.1 Å². The lowest BCUT2D eigenvalue weighted by Crippen LogP contribution is -2.26. The van der Waals surface area contributed by atoms with Crippen molar-refractivity contribution in [2.45, 2.75) is 6.54 Å². The molecule has 4 nitrogen and oxygen atoms in total. The second-order valence-corrected chi connectivity index (χ2v) is 6.64. The molecule has 0 aliphatic rings. The van der Waals surface area contributed by atoms with Crippen LogP contribution in [-0.2, 0) is 6.54 Å². The van der Waals surface area contributed by atoms with Crippen LogP contribution in [0.3, 0.4) is 0 Å². The summed E-state index contributed by atoms with van der Waals surface area (Å²) in [6.07, 6.45) is 0. The van der Waals surface area contributed by atoms with Gasteiger partial charge in [-0.05, 0) is 24.3 Å². The van der Waals surface area contributed by atoms with Crippen molar-refractivity contribution in [3.63, 3.8) is 0 Å². The summed E-state index contributed by atoms with van der Waals surface area (Å²) in [5, 5.41) is 0.465. The van der Waals surface area contributed by atoms with Crippen molar-refractivity contribution in [2.24, 2.45) is 0 Å². The summed E-state index contributed by atoms with van der Waals surface area (Å²) >= 11 is 7.30. The number of hydrogen-bond acceptors (Lipinski definition) is 4. The summed E-state index contributed by atoms with van der Waals surface area (Å²) in [6.45, 7) is 0.409. The van der Waals surface area contributed by atoms with Crippen molar-refractivity contribution < 1.29 is 9.21 Å². The number of rotatable bonds is 3. The number of hydrogen-bond donors (Lipinski definition) is 0. The highest BCUT2D eigenvalue weighted by atomic mass is 35.5. The summed E-state index contributed by atoms with van der Waals surface area (Å²) < 4.78 is 6.23. The van der Waals surface area contributed by atoms with Gasteiger partial charge in [0, 0.05) is 18.0 Å². The van der Waals surface area contributed by atoms with Crippen molar-refractivity contribution in [2.75, 3.05) is 7.05 Å². The molecule has 0 saturated carbocycles. The van der Waals surface area contributed by atoms with Gasteiger partial charge in [-0.15, -0.1) is 11.3 Å². The molecule has 3 aromatic rings. The highest BCUT2D eigenvalue weighted by Gasteiger charge is 2.17. The predicted molar refractivity (Wildman–Crippen MR) is 87.6 cm³/mol. The fourth-order valence-electron chi connectivity index (χ4n) is 2.14. The lowest BCUT2D eigenvalue weighted by molar-refractivity contribution is 0.0755. The summed E-state index contributed by atoms with van der Waals surface area (Å²) in [7, 11) is 1.66. The molecule has 6 heteroatoms. The minimum atomic E-state index is -0.340. The van der Waals surface area contributed by atoms with Crippen molar-refractivity contribution in [1.82, 2.24) is 4.90 Å². The van der Waals surface area contributed by atoms with E-state index in [0.29, 0.717) is 21.9 Å². The smallest absolute Gasteiger partial charge is 0.289 e. The molecule has 22 heavy (non-hydrogen) atoms. The van der Waals surface area contributed by atoms with Crippen LogP contribution >= 0.6 is 22.9 Å².